The molecule has 0 heterocycles. The molecule has 0 aromatic heterocycles. The van der Waals surface area contributed by atoms with Crippen molar-refractivity contribution in [3.63, 3.8) is 0 Å². The van der Waals surface area contributed by atoms with Crippen LogP contribution < -0.4 is 0 Å². The number of hydrogen-bond acceptors (Lipinski definition) is 2. The maximum atomic E-state index is 6.08. The van der Waals surface area contributed by atoms with Gasteiger partial charge in [-0.3, -0.25) is 0 Å². The summed E-state index contributed by atoms with van der Waals surface area (Å²) in [5.41, 5.74) is 2.40. The zero-order chi connectivity index (χ0) is 13.2. The Balaban J connectivity index is 2.41. The molecule has 1 atom stereocenters. The SMILES string of the molecule is C=Cc1ccc(CO[SiH](CCC)CCOC)cc1. The van der Waals surface area contributed by atoms with E-state index in [4.69, 9.17) is 9.16 Å². The lowest BCUT2D eigenvalue weighted by molar-refractivity contribution is 0.207. The van der Waals surface area contributed by atoms with Crippen molar-refractivity contribution in [3.05, 3.63) is 42.0 Å². The van der Waals surface area contributed by atoms with E-state index in [-0.39, 0.29) is 0 Å². The van der Waals surface area contributed by atoms with Crippen LogP contribution in [0, 0.1) is 0 Å². The van der Waals surface area contributed by atoms with Crippen LogP contribution in [0.2, 0.25) is 12.1 Å². The number of methoxy groups -OCH3 is 1. The average Bonchev–Trinajstić information content (AvgIpc) is 2.42. The standard InChI is InChI=1S/C15H24O2Si/c1-4-11-18(12-10-16-3)17-13-15-8-6-14(5-2)7-9-15/h5-9,18H,2,4,10-13H2,1,3H3. The summed E-state index contributed by atoms with van der Waals surface area (Å²) in [7, 11) is 0.669. The number of benzene rings is 1. The first-order valence-electron chi connectivity index (χ1n) is 6.62. The van der Waals surface area contributed by atoms with Crippen molar-refractivity contribution in [2.45, 2.75) is 32.0 Å². The van der Waals surface area contributed by atoms with Crippen LogP contribution in [-0.4, -0.2) is 22.8 Å². The second-order valence-corrected chi connectivity index (χ2v) is 7.18. The third kappa shape index (κ3) is 5.62. The summed E-state index contributed by atoms with van der Waals surface area (Å²) in [4.78, 5) is 0. The highest BCUT2D eigenvalue weighted by atomic mass is 28.3. The largest absolute Gasteiger partial charge is 0.416 e. The van der Waals surface area contributed by atoms with E-state index in [1.807, 2.05) is 6.08 Å². The number of rotatable bonds is 9. The third-order valence-corrected chi connectivity index (χ3v) is 5.69. The van der Waals surface area contributed by atoms with E-state index in [0.29, 0.717) is 0 Å². The topological polar surface area (TPSA) is 18.5 Å². The molecule has 0 saturated carbocycles. The van der Waals surface area contributed by atoms with Gasteiger partial charge in [0.1, 0.15) is 0 Å². The molecule has 0 saturated heterocycles. The molecule has 0 aliphatic rings. The van der Waals surface area contributed by atoms with Gasteiger partial charge < -0.3 is 9.16 Å². The molecule has 0 amide bonds. The van der Waals surface area contributed by atoms with Gasteiger partial charge in [0.05, 0.1) is 6.61 Å². The zero-order valence-corrected chi connectivity index (χ0v) is 12.7. The normalized spacial score (nSPS) is 12.3. The maximum absolute atomic E-state index is 6.08. The lowest BCUT2D eigenvalue weighted by Crippen LogP contribution is -2.19. The van der Waals surface area contributed by atoms with Gasteiger partial charge in [0.2, 0.25) is 0 Å². The molecule has 0 radical (unpaired) electrons. The summed E-state index contributed by atoms with van der Waals surface area (Å²) in [6.07, 6.45) is 3.06. The number of hydrogen-bond donors (Lipinski definition) is 0. The summed E-state index contributed by atoms with van der Waals surface area (Å²) in [5, 5.41) is 0. The Hall–Kier alpha value is -0.903. The van der Waals surface area contributed by atoms with E-state index in [9.17, 15) is 0 Å². The van der Waals surface area contributed by atoms with Crippen LogP contribution >= 0.6 is 0 Å². The van der Waals surface area contributed by atoms with E-state index in [2.05, 4.69) is 37.8 Å². The lowest BCUT2D eigenvalue weighted by atomic mass is 10.1. The second kappa shape index (κ2) is 9.08. The molecule has 0 aliphatic heterocycles. The average molecular weight is 264 g/mol. The molecule has 0 bridgehead atoms. The molecule has 1 aromatic carbocycles. The molecule has 0 fully saturated rings. The van der Waals surface area contributed by atoms with Crippen LogP contribution in [0.1, 0.15) is 24.5 Å². The Morgan fingerprint density at radius 3 is 2.50 bits per heavy atom. The molecule has 100 valence electrons. The highest BCUT2D eigenvalue weighted by molar-refractivity contribution is 6.51. The lowest BCUT2D eigenvalue weighted by Gasteiger charge is -2.15. The number of ether oxygens (including phenoxy) is 1. The fourth-order valence-electron chi connectivity index (χ4n) is 1.85. The summed E-state index contributed by atoms with van der Waals surface area (Å²) in [6.45, 7) is 7.53. The van der Waals surface area contributed by atoms with Gasteiger partial charge in [0, 0.05) is 13.7 Å². The van der Waals surface area contributed by atoms with E-state index in [1.165, 1.54) is 18.0 Å². The van der Waals surface area contributed by atoms with Crippen molar-refractivity contribution in [3.8, 4) is 0 Å². The minimum Gasteiger partial charge on any atom is -0.416 e. The molecule has 18 heavy (non-hydrogen) atoms. The van der Waals surface area contributed by atoms with E-state index >= 15 is 0 Å². The first-order chi connectivity index (χ1) is 8.80. The molecule has 1 unspecified atom stereocenters. The highest BCUT2D eigenvalue weighted by Crippen LogP contribution is 2.11. The Bertz CT molecular complexity index is 335. The van der Waals surface area contributed by atoms with Crippen molar-refractivity contribution in [1.82, 2.24) is 0 Å². The third-order valence-electron chi connectivity index (χ3n) is 2.96. The van der Waals surface area contributed by atoms with Gasteiger partial charge in [-0.25, -0.2) is 0 Å². The van der Waals surface area contributed by atoms with Gasteiger partial charge in [0.25, 0.3) is 0 Å². The monoisotopic (exact) mass is 264 g/mol. The fraction of sp³-hybridized carbons (Fsp3) is 0.467. The highest BCUT2D eigenvalue weighted by Gasteiger charge is 2.10. The zero-order valence-electron chi connectivity index (χ0n) is 11.5. The molecular formula is C15H24O2Si. The van der Waals surface area contributed by atoms with E-state index in [0.717, 1.165) is 24.8 Å². The molecule has 0 N–H and O–H groups in total. The van der Waals surface area contributed by atoms with Gasteiger partial charge in [0.15, 0.2) is 9.04 Å². The van der Waals surface area contributed by atoms with Gasteiger partial charge in [-0.2, -0.15) is 0 Å². The predicted octanol–water partition coefficient (Wildman–Crippen LogP) is 3.63. The minimum absolute atomic E-state index is 0.734. The molecule has 0 spiro atoms. The Morgan fingerprint density at radius 1 is 1.22 bits per heavy atom. The van der Waals surface area contributed by atoms with E-state index < -0.39 is 9.04 Å². The summed E-state index contributed by atoms with van der Waals surface area (Å²) < 4.78 is 11.2. The Kier molecular flexibility index (Phi) is 7.65. The first-order valence-corrected chi connectivity index (χ1v) is 8.72. The van der Waals surface area contributed by atoms with Gasteiger partial charge in [-0.15, -0.1) is 0 Å². The molecular weight excluding hydrogens is 240 g/mol. The van der Waals surface area contributed by atoms with Crippen LogP contribution in [0.25, 0.3) is 6.08 Å². The summed E-state index contributed by atoms with van der Waals surface area (Å²) in [5.74, 6) is 0. The van der Waals surface area contributed by atoms with E-state index in [1.54, 1.807) is 7.11 Å². The van der Waals surface area contributed by atoms with Crippen molar-refractivity contribution in [2.75, 3.05) is 13.7 Å². The quantitative estimate of drug-likeness (QED) is 0.634. The summed E-state index contributed by atoms with van der Waals surface area (Å²) in [6, 6.07) is 10.7. The van der Waals surface area contributed by atoms with Crippen molar-refractivity contribution >= 4 is 15.1 Å². The maximum Gasteiger partial charge on any atom is 0.179 e. The Labute approximate surface area is 112 Å². The van der Waals surface area contributed by atoms with Gasteiger partial charge in [-0.1, -0.05) is 50.3 Å². The van der Waals surface area contributed by atoms with Crippen LogP contribution in [0.4, 0.5) is 0 Å². The van der Waals surface area contributed by atoms with Crippen LogP contribution in [0.15, 0.2) is 30.8 Å². The molecule has 1 rings (SSSR count). The molecule has 1 aromatic rings. The Morgan fingerprint density at radius 2 is 1.94 bits per heavy atom. The molecule has 0 aliphatic carbocycles. The van der Waals surface area contributed by atoms with Crippen molar-refractivity contribution in [1.29, 1.82) is 0 Å². The fourth-order valence-corrected chi connectivity index (χ4v) is 4.04. The van der Waals surface area contributed by atoms with Crippen LogP contribution in [0.3, 0.4) is 0 Å². The smallest absolute Gasteiger partial charge is 0.179 e. The van der Waals surface area contributed by atoms with Crippen LogP contribution in [0.5, 0.6) is 0 Å². The van der Waals surface area contributed by atoms with Gasteiger partial charge >= 0.3 is 0 Å². The minimum atomic E-state index is -1.09. The molecule has 3 heteroatoms. The van der Waals surface area contributed by atoms with Crippen molar-refractivity contribution in [2.24, 2.45) is 0 Å². The molecule has 2 nitrogen and oxygen atoms in total. The first kappa shape index (κ1) is 15.2. The summed E-state index contributed by atoms with van der Waals surface area (Å²) >= 11 is 0. The second-order valence-electron chi connectivity index (χ2n) is 4.45. The predicted molar refractivity (Wildman–Crippen MR) is 80.3 cm³/mol. The van der Waals surface area contributed by atoms with Crippen molar-refractivity contribution < 1.29 is 9.16 Å². The van der Waals surface area contributed by atoms with Gasteiger partial charge in [-0.05, 0) is 23.2 Å². The van der Waals surface area contributed by atoms with Crippen LogP contribution in [-0.2, 0) is 15.8 Å².